The van der Waals surface area contributed by atoms with Gasteiger partial charge in [-0.05, 0) is 23.6 Å². The number of amidine groups is 1. The van der Waals surface area contributed by atoms with Crippen LogP contribution < -0.4 is 5.32 Å². The van der Waals surface area contributed by atoms with Gasteiger partial charge in [0.2, 0.25) is 5.91 Å². The lowest BCUT2D eigenvalue weighted by Crippen LogP contribution is -2.31. The quantitative estimate of drug-likeness (QED) is 0.911. The number of hydrogen-bond acceptors (Lipinski definition) is 2. The zero-order valence-electron chi connectivity index (χ0n) is 10.2. The summed E-state index contributed by atoms with van der Waals surface area (Å²) in [5.41, 5.74) is 0.979. The average Bonchev–Trinajstić information content (AvgIpc) is 2.65. The molecule has 1 aliphatic rings. The Hall–Kier alpha value is -1.06. The van der Waals surface area contributed by atoms with Crippen LogP contribution in [0.25, 0.3) is 0 Å². The van der Waals surface area contributed by atoms with E-state index in [0.717, 1.165) is 5.56 Å². The zero-order valence-corrected chi connectivity index (χ0v) is 11.7. The molecule has 0 aliphatic carbocycles. The van der Waals surface area contributed by atoms with Gasteiger partial charge in [-0.3, -0.25) is 9.79 Å². The van der Waals surface area contributed by atoms with Crippen molar-refractivity contribution in [3.63, 3.8) is 0 Å². The van der Waals surface area contributed by atoms with Crippen LogP contribution in [-0.4, -0.2) is 17.8 Å². The molecule has 0 bridgehead atoms. The minimum absolute atomic E-state index is 0.0277. The molecule has 1 unspecified atom stereocenters. The first kappa shape index (κ1) is 13.4. The van der Waals surface area contributed by atoms with Crippen molar-refractivity contribution in [2.45, 2.75) is 26.3 Å². The number of rotatable bonds is 3. The minimum Gasteiger partial charge on any atom is -0.312 e. The van der Waals surface area contributed by atoms with Gasteiger partial charge in [0.15, 0.2) is 0 Å². The maximum absolute atomic E-state index is 11.7. The fraction of sp³-hybridized carbons (Fsp3) is 0.385. The molecule has 1 atom stereocenters. The molecule has 0 radical (unpaired) electrons. The lowest BCUT2D eigenvalue weighted by molar-refractivity contribution is -0.120. The Kier molecular flexibility index (Phi) is 3.93. The van der Waals surface area contributed by atoms with Gasteiger partial charge in [-0.1, -0.05) is 43.1 Å². The first-order valence-electron chi connectivity index (χ1n) is 5.79. The van der Waals surface area contributed by atoms with Crippen LogP contribution in [-0.2, 0) is 11.2 Å². The molecule has 18 heavy (non-hydrogen) atoms. The second kappa shape index (κ2) is 5.29. The van der Waals surface area contributed by atoms with E-state index in [1.165, 1.54) is 0 Å². The number of carbonyl (C=O) groups excluding carboxylic acids is 1. The molecule has 0 aromatic heterocycles. The first-order valence-corrected chi connectivity index (χ1v) is 6.54. The van der Waals surface area contributed by atoms with E-state index < -0.39 is 0 Å². The van der Waals surface area contributed by atoms with E-state index >= 15 is 0 Å². The Morgan fingerprint density at radius 2 is 2.06 bits per heavy atom. The average molecular weight is 285 g/mol. The van der Waals surface area contributed by atoms with E-state index in [2.05, 4.69) is 10.3 Å². The lowest BCUT2D eigenvalue weighted by Gasteiger charge is -2.06. The summed E-state index contributed by atoms with van der Waals surface area (Å²) in [5.74, 6) is 0.869. The van der Waals surface area contributed by atoms with Crippen molar-refractivity contribution in [1.29, 1.82) is 0 Å². The molecule has 3 nitrogen and oxygen atoms in total. The summed E-state index contributed by atoms with van der Waals surface area (Å²) in [6, 6.07) is 5.14. The Bertz CT molecular complexity index is 512. The van der Waals surface area contributed by atoms with E-state index in [1.54, 1.807) is 12.1 Å². The number of nitrogens with zero attached hydrogens (tertiary/aromatic N) is 1. The van der Waals surface area contributed by atoms with Crippen molar-refractivity contribution < 1.29 is 4.79 Å². The van der Waals surface area contributed by atoms with Crippen LogP contribution in [0.1, 0.15) is 19.4 Å². The zero-order chi connectivity index (χ0) is 13.3. The van der Waals surface area contributed by atoms with Crippen LogP contribution in [0.3, 0.4) is 0 Å². The van der Waals surface area contributed by atoms with Crippen LogP contribution in [0.2, 0.25) is 10.0 Å². The molecule has 96 valence electrons. The number of amides is 1. The monoisotopic (exact) mass is 284 g/mol. The van der Waals surface area contributed by atoms with Crippen molar-refractivity contribution >= 4 is 34.9 Å². The Labute approximate surface area is 116 Å². The topological polar surface area (TPSA) is 41.5 Å². The van der Waals surface area contributed by atoms with Crippen molar-refractivity contribution in [3.05, 3.63) is 33.8 Å². The molecule has 1 amide bonds. The third-order valence-electron chi connectivity index (χ3n) is 2.82. The van der Waals surface area contributed by atoms with Gasteiger partial charge in [0.1, 0.15) is 11.9 Å². The molecule has 1 aromatic carbocycles. The Balaban J connectivity index is 2.13. The first-order chi connectivity index (χ1) is 8.47. The van der Waals surface area contributed by atoms with Gasteiger partial charge in [0.25, 0.3) is 0 Å². The van der Waals surface area contributed by atoms with Gasteiger partial charge >= 0.3 is 0 Å². The van der Waals surface area contributed by atoms with Crippen LogP contribution in [0.5, 0.6) is 0 Å². The summed E-state index contributed by atoms with van der Waals surface area (Å²) >= 11 is 11.8. The second-order valence-corrected chi connectivity index (χ2v) is 5.49. The molecule has 1 heterocycles. The van der Waals surface area contributed by atoms with Crippen molar-refractivity contribution in [2.75, 3.05) is 0 Å². The predicted molar refractivity (Wildman–Crippen MR) is 74.4 cm³/mol. The highest BCUT2D eigenvalue weighted by Crippen LogP contribution is 2.23. The van der Waals surface area contributed by atoms with Crippen molar-refractivity contribution in [2.24, 2.45) is 10.9 Å². The number of hydrogen-bond donors (Lipinski definition) is 1. The maximum Gasteiger partial charge on any atom is 0.250 e. The molecule has 0 saturated carbocycles. The molecule has 0 saturated heterocycles. The summed E-state index contributed by atoms with van der Waals surface area (Å²) in [6.45, 7) is 3.96. The van der Waals surface area contributed by atoms with E-state index in [4.69, 9.17) is 23.2 Å². The highest BCUT2D eigenvalue weighted by atomic mass is 35.5. The molecular formula is C13H14Cl2N2O. The number of halogens is 2. The van der Waals surface area contributed by atoms with Crippen molar-refractivity contribution in [3.8, 4) is 0 Å². The number of benzene rings is 1. The van der Waals surface area contributed by atoms with Gasteiger partial charge in [0, 0.05) is 6.42 Å². The second-order valence-electron chi connectivity index (χ2n) is 4.68. The van der Waals surface area contributed by atoms with E-state index in [0.29, 0.717) is 22.3 Å². The summed E-state index contributed by atoms with van der Waals surface area (Å²) < 4.78 is 0. The molecule has 2 rings (SSSR count). The minimum atomic E-state index is -0.275. The Morgan fingerprint density at radius 3 is 2.61 bits per heavy atom. The molecule has 5 heteroatoms. The van der Waals surface area contributed by atoms with Gasteiger partial charge < -0.3 is 5.32 Å². The standard InChI is InChI=1S/C13H14Cl2N2O/c1-7(2)12-13(18)17-11(16-12)6-8-3-4-9(14)10(15)5-8/h3-5,7,12H,6H2,1-2H3,(H,16,17,18). The third kappa shape index (κ3) is 2.85. The smallest absolute Gasteiger partial charge is 0.250 e. The Morgan fingerprint density at radius 1 is 1.33 bits per heavy atom. The highest BCUT2D eigenvalue weighted by molar-refractivity contribution is 6.42. The van der Waals surface area contributed by atoms with Crippen LogP contribution in [0.15, 0.2) is 23.2 Å². The molecule has 0 spiro atoms. The van der Waals surface area contributed by atoms with E-state index in [9.17, 15) is 4.79 Å². The van der Waals surface area contributed by atoms with Crippen molar-refractivity contribution in [1.82, 2.24) is 5.32 Å². The highest BCUT2D eigenvalue weighted by Gasteiger charge is 2.28. The SMILES string of the molecule is CC(C)C1N=C(Cc2ccc(Cl)c(Cl)c2)NC1=O. The van der Waals surface area contributed by atoms with Gasteiger partial charge in [-0.2, -0.15) is 0 Å². The summed E-state index contributed by atoms with van der Waals surface area (Å²) in [7, 11) is 0. The van der Waals surface area contributed by atoms with Gasteiger partial charge in [-0.15, -0.1) is 0 Å². The fourth-order valence-corrected chi connectivity index (χ4v) is 2.18. The van der Waals surface area contributed by atoms with Crippen LogP contribution in [0.4, 0.5) is 0 Å². The van der Waals surface area contributed by atoms with Crippen LogP contribution in [0, 0.1) is 5.92 Å². The number of nitrogens with one attached hydrogen (secondary N) is 1. The van der Waals surface area contributed by atoms with E-state index in [-0.39, 0.29) is 17.9 Å². The molecule has 1 aromatic rings. The molecule has 0 fully saturated rings. The number of aliphatic imine (C=N–C) groups is 1. The van der Waals surface area contributed by atoms with Gasteiger partial charge in [0.05, 0.1) is 10.0 Å². The fourth-order valence-electron chi connectivity index (χ4n) is 1.86. The molecule has 1 aliphatic heterocycles. The number of carbonyl (C=O) groups is 1. The summed E-state index contributed by atoms with van der Waals surface area (Å²) in [4.78, 5) is 16.1. The largest absolute Gasteiger partial charge is 0.312 e. The van der Waals surface area contributed by atoms with Gasteiger partial charge in [-0.25, -0.2) is 0 Å². The maximum atomic E-state index is 11.7. The molecular weight excluding hydrogens is 271 g/mol. The predicted octanol–water partition coefficient (Wildman–Crippen LogP) is 3.09. The molecule has 1 N–H and O–H groups in total. The lowest BCUT2D eigenvalue weighted by atomic mass is 10.1. The summed E-state index contributed by atoms with van der Waals surface area (Å²) in [6.07, 6.45) is 0.561. The third-order valence-corrected chi connectivity index (χ3v) is 3.56. The van der Waals surface area contributed by atoms with E-state index in [1.807, 2.05) is 19.9 Å². The van der Waals surface area contributed by atoms with Crippen LogP contribution >= 0.6 is 23.2 Å². The normalized spacial score (nSPS) is 19.1. The summed E-state index contributed by atoms with van der Waals surface area (Å²) in [5, 5.41) is 3.84.